The van der Waals surface area contributed by atoms with Crippen molar-refractivity contribution in [1.82, 2.24) is 0 Å². The third-order valence-corrected chi connectivity index (χ3v) is 8.70. The molecule has 1 N–H and O–H groups in total. The van der Waals surface area contributed by atoms with Crippen molar-refractivity contribution in [2.75, 3.05) is 0 Å². The van der Waals surface area contributed by atoms with Crippen molar-refractivity contribution in [2.24, 2.45) is 40.4 Å². The maximum absolute atomic E-state index is 12.8. The summed E-state index contributed by atoms with van der Waals surface area (Å²) in [6.07, 6.45) is 7.95. The van der Waals surface area contributed by atoms with Crippen LogP contribution in [0.2, 0.25) is 0 Å². The molecule has 0 aliphatic heterocycles. The molecule has 5 unspecified atom stereocenters. The summed E-state index contributed by atoms with van der Waals surface area (Å²) in [6, 6.07) is 0. The molecular formula is C21H34O2. The van der Waals surface area contributed by atoms with Crippen LogP contribution in [-0.2, 0) is 4.79 Å². The first-order valence-corrected chi connectivity index (χ1v) is 9.66. The van der Waals surface area contributed by atoms with E-state index in [4.69, 9.17) is 5.48 Å². The predicted molar refractivity (Wildman–Crippen MR) is 91.9 cm³/mol. The van der Waals surface area contributed by atoms with Gasteiger partial charge in [-0.25, -0.2) is 0 Å². The Balaban J connectivity index is 1.64. The minimum atomic E-state index is -2.68. The predicted octanol–water partition coefficient (Wildman–Crippen LogP) is 4.60. The van der Waals surface area contributed by atoms with Gasteiger partial charge >= 0.3 is 0 Å². The molecule has 130 valence electrons. The molecule has 8 atom stereocenters. The number of Topliss-reactive ketones (excluding diaryl/α,β-unsaturated/α-hetero) is 1. The van der Waals surface area contributed by atoms with Gasteiger partial charge in [-0.1, -0.05) is 13.8 Å². The molecule has 4 aliphatic rings. The third kappa shape index (κ3) is 2.19. The van der Waals surface area contributed by atoms with Crippen LogP contribution in [0.5, 0.6) is 0 Å². The Morgan fingerprint density at radius 3 is 2.57 bits per heavy atom. The fourth-order valence-electron chi connectivity index (χ4n) is 7.42. The summed E-state index contributed by atoms with van der Waals surface area (Å²) in [7, 11) is 0. The zero-order valence-electron chi connectivity index (χ0n) is 18.6. The van der Waals surface area contributed by atoms with Crippen LogP contribution in [0.4, 0.5) is 0 Å². The molecule has 2 heteroatoms. The molecule has 4 aliphatic carbocycles. The molecule has 4 rings (SSSR count). The molecule has 4 saturated carbocycles. The standard InChI is InChI=1S/C21H34O2/c1-13(22)17-6-7-18-16-5-4-14-12-15(23)8-10-20(14,2)19(16)9-11-21(17,18)3/h14-19,23H,4-12H2,1-3H3/t14-,15+,16?,17+,18?,19?,20?,21?/m0/s1/i1D3,17D. The van der Waals surface area contributed by atoms with E-state index >= 15 is 0 Å². The highest BCUT2D eigenvalue weighted by Gasteiger charge is 2.60. The fourth-order valence-corrected chi connectivity index (χ4v) is 7.42. The normalized spacial score (nSPS) is 62.0. The fraction of sp³-hybridized carbons (Fsp3) is 0.952. The summed E-state index contributed by atoms with van der Waals surface area (Å²) in [6.45, 7) is 1.77. The summed E-state index contributed by atoms with van der Waals surface area (Å²) in [5.74, 6) is -0.347. The Bertz CT molecular complexity index is 634. The van der Waals surface area contributed by atoms with Crippen LogP contribution in [0.25, 0.3) is 0 Å². The second-order valence-corrected chi connectivity index (χ2v) is 9.39. The van der Waals surface area contributed by atoms with E-state index in [2.05, 4.69) is 6.92 Å². The van der Waals surface area contributed by atoms with E-state index in [1.165, 1.54) is 0 Å². The molecule has 0 bridgehead atoms. The first-order valence-electron chi connectivity index (χ1n) is 11.7. The Labute approximate surface area is 147 Å². The van der Waals surface area contributed by atoms with Gasteiger partial charge < -0.3 is 5.11 Å². The van der Waals surface area contributed by atoms with E-state index in [9.17, 15) is 9.90 Å². The summed E-state index contributed by atoms with van der Waals surface area (Å²) >= 11 is 0. The second kappa shape index (κ2) is 5.31. The second-order valence-electron chi connectivity index (χ2n) is 9.39. The van der Waals surface area contributed by atoms with E-state index in [-0.39, 0.29) is 17.4 Å². The number of carbonyl (C=O) groups excluding carboxylic acids is 1. The van der Waals surface area contributed by atoms with E-state index in [0.29, 0.717) is 24.2 Å². The zero-order valence-corrected chi connectivity index (χ0v) is 14.6. The SMILES string of the molecule is [2H]C([2H])([2H])C(=O)[C@@]1([2H])CCC2C3CC[C@H]4C[C@H](O)CCC4(C)C3CCC21C. The molecule has 0 spiro atoms. The number of aliphatic hydroxyl groups is 1. The van der Waals surface area contributed by atoms with Crippen LogP contribution in [0, 0.1) is 40.4 Å². The highest BCUT2D eigenvalue weighted by Crippen LogP contribution is 2.67. The lowest BCUT2D eigenvalue weighted by molar-refractivity contribution is -0.138. The summed E-state index contributed by atoms with van der Waals surface area (Å²) in [4.78, 5) is 12.8. The number of aliphatic hydroxyl groups excluding tert-OH is 1. The Morgan fingerprint density at radius 1 is 1.04 bits per heavy atom. The van der Waals surface area contributed by atoms with Crippen molar-refractivity contribution < 1.29 is 15.4 Å². The van der Waals surface area contributed by atoms with Gasteiger partial charge in [0.05, 0.1) is 6.10 Å². The molecular weight excluding hydrogens is 284 g/mol. The lowest BCUT2D eigenvalue weighted by Crippen LogP contribution is -2.54. The van der Waals surface area contributed by atoms with E-state index in [1.807, 2.05) is 6.92 Å². The zero-order chi connectivity index (χ0) is 19.8. The molecule has 23 heavy (non-hydrogen) atoms. The maximum Gasteiger partial charge on any atom is 0.133 e. The first-order chi connectivity index (χ1) is 12.4. The monoisotopic (exact) mass is 322 g/mol. The number of hydrogen-bond donors (Lipinski definition) is 1. The van der Waals surface area contributed by atoms with Gasteiger partial charge in [-0.05, 0) is 99.1 Å². The van der Waals surface area contributed by atoms with Crippen LogP contribution >= 0.6 is 0 Å². The van der Waals surface area contributed by atoms with Gasteiger partial charge in [-0.3, -0.25) is 4.79 Å². The Morgan fingerprint density at radius 2 is 1.78 bits per heavy atom. The lowest BCUT2D eigenvalue weighted by Gasteiger charge is -2.60. The van der Waals surface area contributed by atoms with Gasteiger partial charge in [0.1, 0.15) is 5.78 Å². The molecule has 0 saturated heterocycles. The average Bonchev–Trinajstić information content (AvgIpc) is 2.86. The number of hydrogen-bond acceptors (Lipinski definition) is 2. The van der Waals surface area contributed by atoms with E-state index in [1.54, 1.807) is 0 Å². The van der Waals surface area contributed by atoms with Gasteiger partial charge in [-0.2, -0.15) is 0 Å². The number of ketones is 1. The van der Waals surface area contributed by atoms with Gasteiger partial charge in [0.25, 0.3) is 0 Å². The minimum Gasteiger partial charge on any atom is -0.393 e. The summed E-state index contributed by atoms with van der Waals surface area (Å²) in [5.41, 5.74) is -0.262. The average molecular weight is 323 g/mol. The first kappa shape index (κ1) is 12.1. The molecule has 0 amide bonds. The van der Waals surface area contributed by atoms with Crippen LogP contribution in [0.3, 0.4) is 0 Å². The Kier molecular flexibility index (Phi) is 2.79. The van der Waals surface area contributed by atoms with Crippen LogP contribution < -0.4 is 0 Å². The maximum atomic E-state index is 12.8. The molecule has 0 aromatic rings. The highest BCUT2D eigenvalue weighted by atomic mass is 16.3. The number of rotatable bonds is 1. The van der Waals surface area contributed by atoms with Crippen LogP contribution in [-0.4, -0.2) is 17.0 Å². The molecule has 4 fully saturated rings. The number of fused-ring (bicyclic) bond motifs is 5. The van der Waals surface area contributed by atoms with Crippen molar-refractivity contribution in [3.05, 3.63) is 0 Å². The largest absolute Gasteiger partial charge is 0.393 e. The summed E-state index contributed by atoms with van der Waals surface area (Å²) in [5, 5.41) is 10.1. The van der Waals surface area contributed by atoms with E-state index in [0.717, 1.165) is 51.4 Å². The van der Waals surface area contributed by atoms with Gasteiger partial charge in [-0.15, -0.1) is 0 Å². The summed E-state index contributed by atoms with van der Waals surface area (Å²) < 4.78 is 31.8. The molecule has 0 radical (unpaired) electrons. The van der Waals surface area contributed by atoms with Gasteiger partial charge in [0.15, 0.2) is 0 Å². The van der Waals surface area contributed by atoms with Crippen molar-refractivity contribution in [3.8, 4) is 0 Å². The Hall–Kier alpha value is -0.370. The number of carbonyl (C=O) groups is 1. The van der Waals surface area contributed by atoms with E-state index < -0.39 is 23.9 Å². The third-order valence-electron chi connectivity index (χ3n) is 8.70. The smallest absolute Gasteiger partial charge is 0.133 e. The van der Waals surface area contributed by atoms with Crippen LogP contribution in [0.1, 0.15) is 84.0 Å². The van der Waals surface area contributed by atoms with Gasteiger partial charge in [0, 0.05) is 11.4 Å². The quantitative estimate of drug-likeness (QED) is 0.766. The highest BCUT2D eigenvalue weighted by molar-refractivity contribution is 5.79. The topological polar surface area (TPSA) is 37.3 Å². The molecule has 0 aromatic heterocycles. The van der Waals surface area contributed by atoms with Crippen molar-refractivity contribution in [3.63, 3.8) is 0 Å². The molecule has 0 heterocycles. The van der Waals surface area contributed by atoms with Crippen LogP contribution in [0.15, 0.2) is 0 Å². The lowest BCUT2D eigenvalue weighted by atomic mass is 9.44. The van der Waals surface area contributed by atoms with Crippen molar-refractivity contribution in [2.45, 2.75) is 84.6 Å². The molecule has 0 aromatic carbocycles. The van der Waals surface area contributed by atoms with Crippen molar-refractivity contribution in [1.29, 1.82) is 0 Å². The van der Waals surface area contributed by atoms with Crippen molar-refractivity contribution >= 4 is 5.78 Å². The minimum absolute atomic E-state index is 0.155. The van der Waals surface area contributed by atoms with Gasteiger partial charge in [0.2, 0.25) is 0 Å². The molecule has 2 nitrogen and oxygen atoms in total.